The van der Waals surface area contributed by atoms with Crippen LogP contribution >= 0.6 is 11.8 Å². The number of hydrogen-bond acceptors (Lipinski definition) is 8. The van der Waals surface area contributed by atoms with Crippen molar-refractivity contribution in [2.45, 2.75) is 23.7 Å². The lowest BCUT2D eigenvalue weighted by molar-refractivity contribution is -0.0430. The molecular weight excluding hydrogens is 298 g/mol. The largest absolute Gasteiger partial charge is 0.394 e. The summed E-state index contributed by atoms with van der Waals surface area (Å²) in [6.45, 7) is -0.294. The molecule has 10 heteroatoms. The lowest BCUT2D eigenvalue weighted by atomic mass is 10.2. The van der Waals surface area contributed by atoms with Gasteiger partial charge in [-0.25, -0.2) is 4.98 Å². The highest BCUT2D eigenvalue weighted by Crippen LogP contribution is 2.37. The van der Waals surface area contributed by atoms with Gasteiger partial charge in [-0.2, -0.15) is 16.7 Å². The van der Waals surface area contributed by atoms with Crippen LogP contribution in [0.25, 0.3) is 11.2 Å². The minimum atomic E-state index is -0.827. The fourth-order valence-electron chi connectivity index (χ4n) is 2.48. The number of rotatable bonds is 3. The van der Waals surface area contributed by atoms with E-state index in [0.29, 0.717) is 0 Å². The molecule has 1 saturated heterocycles. The van der Waals surface area contributed by atoms with Crippen LogP contribution in [0, 0.1) is 0 Å². The number of aromatic nitrogens is 4. The van der Waals surface area contributed by atoms with E-state index in [1.165, 1.54) is 18.1 Å². The summed E-state index contributed by atoms with van der Waals surface area (Å²) >= 11 is 1.40. The van der Waals surface area contributed by atoms with Gasteiger partial charge >= 0.3 is 0 Å². The second kappa shape index (κ2) is 5.30. The first-order valence-corrected chi connectivity index (χ1v) is 7.55. The van der Waals surface area contributed by atoms with Crippen molar-refractivity contribution in [2.75, 3.05) is 18.6 Å². The molecule has 1 fully saturated rings. The number of H-pyrrole nitrogens is 1. The maximum absolute atomic E-state index is 11.8. The predicted octanol–water partition coefficient (Wildman–Crippen LogP) is -1.32. The standard InChI is InChI=1S/C11H15N5O4S/c1-21-7-6(18)4(2-17)20-10(7)16-3-13-5-8(16)14-11(12)15-9(5)19/h3-4,6-7,10,17-18H,2H2,1H3,(H3,12,14,15,19)/t4-,6-,7-,10+/m1/s1. The smallest absolute Gasteiger partial charge is 0.280 e. The fraction of sp³-hybridized carbons (Fsp3) is 0.545. The number of ether oxygens (including phenoxy) is 1. The van der Waals surface area contributed by atoms with Gasteiger partial charge in [0.05, 0.1) is 24.3 Å². The first-order chi connectivity index (χ1) is 10.1. The Kier molecular flexibility index (Phi) is 3.61. The van der Waals surface area contributed by atoms with Crippen molar-refractivity contribution >= 4 is 28.9 Å². The summed E-state index contributed by atoms with van der Waals surface area (Å²) < 4.78 is 7.22. The Hall–Kier alpha value is -1.62. The molecular formula is C11H15N5O4S. The summed E-state index contributed by atoms with van der Waals surface area (Å²) in [4.78, 5) is 22.2. The van der Waals surface area contributed by atoms with Crippen LogP contribution in [0.5, 0.6) is 0 Å². The molecule has 0 saturated carbocycles. The van der Waals surface area contributed by atoms with Crippen molar-refractivity contribution in [1.29, 1.82) is 0 Å². The number of thioether (sulfide) groups is 1. The predicted molar refractivity (Wildman–Crippen MR) is 76.9 cm³/mol. The minimum absolute atomic E-state index is 0.0211. The van der Waals surface area contributed by atoms with Gasteiger partial charge in [-0.1, -0.05) is 0 Å². The van der Waals surface area contributed by atoms with E-state index >= 15 is 0 Å². The molecule has 2 aromatic rings. The maximum Gasteiger partial charge on any atom is 0.280 e. The molecule has 0 aromatic carbocycles. The summed E-state index contributed by atoms with van der Waals surface area (Å²) in [5, 5.41) is 19.1. The first-order valence-electron chi connectivity index (χ1n) is 6.26. The molecule has 0 radical (unpaired) electrons. The highest BCUT2D eigenvalue weighted by atomic mass is 32.2. The van der Waals surface area contributed by atoms with Crippen molar-refractivity contribution in [3.8, 4) is 0 Å². The van der Waals surface area contributed by atoms with Crippen molar-refractivity contribution in [1.82, 2.24) is 19.5 Å². The molecule has 1 aliphatic rings. The van der Waals surface area contributed by atoms with Gasteiger partial charge in [0.15, 0.2) is 17.4 Å². The van der Waals surface area contributed by atoms with Gasteiger partial charge in [-0.05, 0) is 6.26 Å². The molecule has 3 heterocycles. The minimum Gasteiger partial charge on any atom is -0.394 e. The summed E-state index contributed by atoms with van der Waals surface area (Å²) in [7, 11) is 0. The van der Waals surface area contributed by atoms with Gasteiger partial charge in [-0.15, -0.1) is 0 Å². The van der Waals surface area contributed by atoms with Crippen LogP contribution in [0.15, 0.2) is 11.1 Å². The molecule has 0 bridgehead atoms. The monoisotopic (exact) mass is 313 g/mol. The Morgan fingerprint density at radius 1 is 1.62 bits per heavy atom. The SMILES string of the molecule is CS[C@@H]1[C@H](O)[C@@H](CO)O[C@@H]1n1cnc2c(=O)[nH]c(N)nc21. The summed E-state index contributed by atoms with van der Waals surface area (Å²) in [6, 6.07) is 0. The average molecular weight is 313 g/mol. The lowest BCUT2D eigenvalue weighted by Gasteiger charge is -2.19. The van der Waals surface area contributed by atoms with E-state index in [4.69, 9.17) is 10.5 Å². The highest BCUT2D eigenvalue weighted by molar-refractivity contribution is 7.99. The molecule has 114 valence electrons. The van der Waals surface area contributed by atoms with E-state index in [-0.39, 0.29) is 29.0 Å². The van der Waals surface area contributed by atoms with E-state index in [9.17, 15) is 15.0 Å². The van der Waals surface area contributed by atoms with E-state index in [1.807, 2.05) is 6.26 Å². The number of hydrogen-bond donors (Lipinski definition) is 4. The van der Waals surface area contributed by atoms with Crippen molar-refractivity contribution in [2.24, 2.45) is 0 Å². The van der Waals surface area contributed by atoms with Crippen molar-refractivity contribution < 1.29 is 14.9 Å². The number of nitrogens with one attached hydrogen (secondary N) is 1. The lowest BCUT2D eigenvalue weighted by Crippen LogP contribution is -2.31. The molecule has 1 aliphatic heterocycles. The Labute approximate surface area is 123 Å². The number of nitrogens with two attached hydrogens (primary N) is 1. The third-order valence-corrected chi connectivity index (χ3v) is 4.55. The third kappa shape index (κ3) is 2.20. The van der Waals surface area contributed by atoms with Crippen LogP contribution < -0.4 is 11.3 Å². The normalized spacial score (nSPS) is 29.3. The summed E-state index contributed by atoms with van der Waals surface area (Å²) in [6.07, 6.45) is 1.15. The molecule has 0 aliphatic carbocycles. The van der Waals surface area contributed by atoms with Gasteiger partial charge in [-0.3, -0.25) is 14.3 Å². The Morgan fingerprint density at radius 2 is 2.38 bits per heavy atom. The number of anilines is 1. The second-order valence-electron chi connectivity index (χ2n) is 4.71. The summed E-state index contributed by atoms with van der Waals surface area (Å²) in [5.41, 5.74) is 5.55. The van der Waals surface area contributed by atoms with Gasteiger partial charge in [0.1, 0.15) is 6.10 Å². The van der Waals surface area contributed by atoms with Crippen molar-refractivity contribution in [3.63, 3.8) is 0 Å². The zero-order valence-corrected chi connectivity index (χ0v) is 11.9. The molecule has 0 unspecified atom stereocenters. The topological polar surface area (TPSA) is 139 Å². The van der Waals surface area contributed by atoms with E-state index < -0.39 is 24.0 Å². The molecule has 0 amide bonds. The van der Waals surface area contributed by atoms with Gasteiger partial charge in [0.2, 0.25) is 5.95 Å². The zero-order chi connectivity index (χ0) is 15.1. The van der Waals surface area contributed by atoms with Crippen molar-refractivity contribution in [3.05, 3.63) is 16.7 Å². The van der Waals surface area contributed by atoms with Crippen LogP contribution in [-0.2, 0) is 4.74 Å². The summed E-state index contributed by atoms with van der Waals surface area (Å²) in [5.74, 6) is -0.0211. The van der Waals surface area contributed by atoms with E-state index in [2.05, 4.69) is 15.0 Å². The Bertz CT molecular complexity index is 716. The number of aromatic amines is 1. The number of fused-ring (bicyclic) bond motifs is 1. The van der Waals surface area contributed by atoms with Crippen LogP contribution in [0.3, 0.4) is 0 Å². The van der Waals surface area contributed by atoms with E-state index in [1.54, 1.807) is 4.57 Å². The molecule has 4 atom stereocenters. The zero-order valence-electron chi connectivity index (χ0n) is 11.1. The number of imidazole rings is 1. The number of nitrogens with zero attached hydrogens (tertiary/aromatic N) is 3. The quantitative estimate of drug-likeness (QED) is 0.547. The number of aliphatic hydroxyl groups is 2. The van der Waals surface area contributed by atoms with E-state index in [0.717, 1.165) is 0 Å². The fourth-order valence-corrected chi connectivity index (χ4v) is 3.36. The molecule has 5 N–H and O–H groups in total. The second-order valence-corrected chi connectivity index (χ2v) is 5.73. The first kappa shape index (κ1) is 14.3. The van der Waals surface area contributed by atoms with Gasteiger partial charge < -0.3 is 20.7 Å². The van der Waals surface area contributed by atoms with Crippen LogP contribution in [0.1, 0.15) is 6.23 Å². The molecule has 9 nitrogen and oxygen atoms in total. The third-order valence-electron chi connectivity index (χ3n) is 3.49. The number of nitrogen functional groups attached to an aromatic ring is 1. The highest BCUT2D eigenvalue weighted by Gasteiger charge is 2.44. The van der Waals surface area contributed by atoms with Gasteiger partial charge in [0, 0.05) is 0 Å². The molecule has 3 rings (SSSR count). The number of aliphatic hydroxyl groups excluding tert-OH is 2. The molecule has 0 spiro atoms. The van der Waals surface area contributed by atoms with Crippen LogP contribution in [-0.4, -0.2) is 60.1 Å². The molecule has 2 aromatic heterocycles. The van der Waals surface area contributed by atoms with Crippen LogP contribution in [0.4, 0.5) is 5.95 Å². The van der Waals surface area contributed by atoms with Crippen LogP contribution in [0.2, 0.25) is 0 Å². The molecule has 21 heavy (non-hydrogen) atoms. The Morgan fingerprint density at radius 3 is 3.05 bits per heavy atom. The van der Waals surface area contributed by atoms with Gasteiger partial charge in [0.25, 0.3) is 5.56 Å². The maximum atomic E-state index is 11.8. The Balaban J connectivity index is 2.10. The average Bonchev–Trinajstić information content (AvgIpc) is 2.99.